The molecule has 3 aromatic heterocycles. The molecule has 1 fully saturated rings. The second-order valence-electron chi connectivity index (χ2n) is 8.24. The third-order valence-corrected chi connectivity index (χ3v) is 6.40. The van der Waals surface area contributed by atoms with E-state index in [1.807, 2.05) is 46.6 Å². The van der Waals surface area contributed by atoms with E-state index in [0.717, 1.165) is 30.0 Å². The quantitative estimate of drug-likeness (QED) is 0.466. The van der Waals surface area contributed by atoms with Crippen LogP contribution in [0.5, 0.6) is 5.75 Å². The number of rotatable bonds is 5. The van der Waals surface area contributed by atoms with Crippen LogP contribution in [0.25, 0.3) is 16.6 Å². The predicted octanol–water partition coefficient (Wildman–Crippen LogP) is 2.72. The minimum atomic E-state index is -0.693. The zero-order valence-corrected chi connectivity index (χ0v) is 19.0. The van der Waals surface area contributed by atoms with Crippen LogP contribution in [0.3, 0.4) is 0 Å². The normalized spacial score (nSPS) is 15.4. The minimum Gasteiger partial charge on any atom is -0.497 e. The van der Waals surface area contributed by atoms with Crippen LogP contribution < -0.4 is 15.2 Å². The fraction of sp³-hybridized carbons (Fsp3) is 0.375. The van der Waals surface area contributed by atoms with Gasteiger partial charge in [-0.2, -0.15) is 5.10 Å². The Morgan fingerprint density at radius 3 is 2.52 bits per heavy atom. The smallest absolute Gasteiger partial charge is 0.291 e. The van der Waals surface area contributed by atoms with E-state index in [9.17, 15) is 9.59 Å². The lowest BCUT2D eigenvalue weighted by molar-refractivity contribution is -0.135. The standard InChI is InChI=1S/C24H27N5O4/c1-4-22-25-29(24(31)20-15-21-19(28(20)22)9-14-33-21)16(2)23(30)27-12-10-26(11-13-27)17-5-7-18(32-3)8-6-17/h5-9,14-16H,4,10-13H2,1-3H3/t16-/m1/s1. The first-order valence-corrected chi connectivity index (χ1v) is 11.2. The second-order valence-corrected chi connectivity index (χ2v) is 8.24. The Labute approximate surface area is 190 Å². The molecule has 33 heavy (non-hydrogen) atoms. The first-order chi connectivity index (χ1) is 16.0. The molecule has 1 atom stereocenters. The number of aryl methyl sites for hydroxylation is 1. The Balaban J connectivity index is 1.36. The van der Waals surface area contributed by atoms with Gasteiger partial charge < -0.3 is 19.0 Å². The van der Waals surface area contributed by atoms with E-state index in [2.05, 4.69) is 10.00 Å². The third-order valence-electron chi connectivity index (χ3n) is 6.40. The minimum absolute atomic E-state index is 0.0966. The highest BCUT2D eigenvalue weighted by Gasteiger charge is 2.28. The number of nitrogens with zero attached hydrogens (tertiary/aromatic N) is 5. The van der Waals surface area contributed by atoms with Gasteiger partial charge in [0.15, 0.2) is 5.58 Å². The Hall–Kier alpha value is -3.75. The monoisotopic (exact) mass is 449 g/mol. The van der Waals surface area contributed by atoms with Gasteiger partial charge in [0.1, 0.15) is 23.1 Å². The van der Waals surface area contributed by atoms with Crippen molar-refractivity contribution in [3.63, 3.8) is 0 Å². The summed E-state index contributed by atoms with van der Waals surface area (Å²) in [4.78, 5) is 30.6. The summed E-state index contributed by atoms with van der Waals surface area (Å²) in [6.07, 6.45) is 2.22. The number of piperazine rings is 1. The van der Waals surface area contributed by atoms with Crippen molar-refractivity contribution in [2.75, 3.05) is 38.2 Å². The SMILES string of the molecule is CCc1nn([C@H](C)C(=O)N2CCN(c3ccc(OC)cc3)CC2)c(=O)c2cc3occc3n12. The van der Waals surface area contributed by atoms with Crippen LogP contribution in [-0.2, 0) is 11.2 Å². The topological polar surface area (TPSA) is 85.2 Å². The molecular formula is C24H27N5O4. The van der Waals surface area contributed by atoms with E-state index in [1.165, 1.54) is 4.68 Å². The number of anilines is 1. The van der Waals surface area contributed by atoms with Crippen molar-refractivity contribution < 1.29 is 13.9 Å². The number of hydrogen-bond acceptors (Lipinski definition) is 6. The molecule has 0 unspecified atom stereocenters. The van der Waals surface area contributed by atoms with E-state index in [4.69, 9.17) is 9.15 Å². The molecule has 172 valence electrons. The number of methoxy groups -OCH3 is 1. The average molecular weight is 450 g/mol. The van der Waals surface area contributed by atoms with Gasteiger partial charge in [-0.3, -0.25) is 14.0 Å². The number of carbonyl (C=O) groups is 1. The number of furan rings is 1. The van der Waals surface area contributed by atoms with Crippen molar-refractivity contribution in [1.82, 2.24) is 19.1 Å². The van der Waals surface area contributed by atoms with Gasteiger partial charge >= 0.3 is 0 Å². The van der Waals surface area contributed by atoms with Crippen molar-refractivity contribution in [2.24, 2.45) is 0 Å². The number of benzene rings is 1. The summed E-state index contributed by atoms with van der Waals surface area (Å²) in [5.74, 6) is 1.43. The summed E-state index contributed by atoms with van der Waals surface area (Å²) in [5, 5.41) is 4.57. The highest BCUT2D eigenvalue weighted by molar-refractivity contribution is 5.83. The number of carbonyl (C=O) groups excluding carboxylic acids is 1. The van der Waals surface area contributed by atoms with Gasteiger partial charge in [0.05, 0.1) is 18.9 Å². The van der Waals surface area contributed by atoms with E-state index < -0.39 is 6.04 Å². The Bertz CT molecular complexity index is 1360. The van der Waals surface area contributed by atoms with Gasteiger partial charge in [0.2, 0.25) is 5.91 Å². The number of ether oxygens (including phenoxy) is 1. The van der Waals surface area contributed by atoms with Gasteiger partial charge in [-0.15, -0.1) is 0 Å². The van der Waals surface area contributed by atoms with Gasteiger partial charge in [-0.1, -0.05) is 6.92 Å². The Morgan fingerprint density at radius 1 is 1.12 bits per heavy atom. The summed E-state index contributed by atoms with van der Waals surface area (Å²) in [6.45, 7) is 6.35. The van der Waals surface area contributed by atoms with Crippen LogP contribution in [0.4, 0.5) is 5.69 Å². The molecule has 0 bridgehead atoms. The van der Waals surface area contributed by atoms with Crippen molar-refractivity contribution in [3.8, 4) is 5.75 Å². The fourth-order valence-electron chi connectivity index (χ4n) is 4.53. The summed E-state index contributed by atoms with van der Waals surface area (Å²) >= 11 is 0. The molecule has 5 rings (SSSR count). The maximum Gasteiger partial charge on any atom is 0.291 e. The largest absolute Gasteiger partial charge is 0.497 e. The third kappa shape index (κ3) is 3.53. The highest BCUT2D eigenvalue weighted by Crippen LogP contribution is 2.23. The zero-order valence-electron chi connectivity index (χ0n) is 19.0. The van der Waals surface area contributed by atoms with Gasteiger partial charge in [-0.25, -0.2) is 4.68 Å². The first-order valence-electron chi connectivity index (χ1n) is 11.2. The molecule has 0 aliphatic carbocycles. The summed E-state index contributed by atoms with van der Waals surface area (Å²) in [6, 6.07) is 10.8. The maximum atomic E-state index is 13.3. The molecule has 1 amide bonds. The number of hydrogen-bond donors (Lipinski definition) is 0. The van der Waals surface area contributed by atoms with Crippen molar-refractivity contribution >= 4 is 28.2 Å². The predicted molar refractivity (Wildman–Crippen MR) is 125 cm³/mol. The second kappa shape index (κ2) is 8.31. The van der Waals surface area contributed by atoms with Gasteiger partial charge in [0, 0.05) is 50.4 Å². The molecular weight excluding hydrogens is 422 g/mol. The molecule has 4 heterocycles. The highest BCUT2D eigenvalue weighted by atomic mass is 16.5. The van der Waals surface area contributed by atoms with Crippen LogP contribution >= 0.6 is 0 Å². The molecule has 0 radical (unpaired) electrons. The molecule has 9 heteroatoms. The summed E-state index contributed by atoms with van der Waals surface area (Å²) in [7, 11) is 1.65. The van der Waals surface area contributed by atoms with E-state index >= 15 is 0 Å². The van der Waals surface area contributed by atoms with Crippen molar-refractivity contribution in [1.29, 1.82) is 0 Å². The molecule has 4 aromatic rings. The van der Waals surface area contributed by atoms with E-state index in [-0.39, 0.29) is 11.5 Å². The number of aromatic nitrogens is 3. The lowest BCUT2D eigenvalue weighted by Gasteiger charge is -2.37. The molecule has 0 saturated carbocycles. The molecule has 0 spiro atoms. The van der Waals surface area contributed by atoms with Gasteiger partial charge in [0.25, 0.3) is 5.56 Å². The van der Waals surface area contributed by atoms with Gasteiger partial charge in [-0.05, 0) is 31.2 Å². The zero-order chi connectivity index (χ0) is 23.1. The van der Waals surface area contributed by atoms with Crippen LogP contribution in [0, 0.1) is 0 Å². The van der Waals surface area contributed by atoms with Crippen molar-refractivity contribution in [2.45, 2.75) is 26.3 Å². The van der Waals surface area contributed by atoms with Crippen LogP contribution in [0.2, 0.25) is 0 Å². The Kier molecular flexibility index (Phi) is 5.32. The van der Waals surface area contributed by atoms with Crippen molar-refractivity contribution in [3.05, 3.63) is 58.8 Å². The van der Waals surface area contributed by atoms with E-state index in [1.54, 1.807) is 26.4 Å². The van der Waals surface area contributed by atoms with E-state index in [0.29, 0.717) is 36.4 Å². The fourth-order valence-corrected chi connectivity index (χ4v) is 4.53. The van der Waals surface area contributed by atoms with Crippen LogP contribution in [0.15, 0.2) is 51.9 Å². The molecule has 1 aliphatic rings. The molecule has 1 aromatic carbocycles. The summed E-state index contributed by atoms with van der Waals surface area (Å²) < 4.78 is 13.8. The first kappa shape index (κ1) is 21.1. The molecule has 9 nitrogen and oxygen atoms in total. The molecule has 1 aliphatic heterocycles. The lowest BCUT2D eigenvalue weighted by atomic mass is 10.2. The Morgan fingerprint density at radius 2 is 1.85 bits per heavy atom. The average Bonchev–Trinajstić information content (AvgIpc) is 3.46. The summed E-state index contributed by atoms with van der Waals surface area (Å²) in [5.41, 5.74) is 2.73. The van der Waals surface area contributed by atoms with Crippen LogP contribution in [0.1, 0.15) is 25.7 Å². The number of amides is 1. The van der Waals surface area contributed by atoms with Crippen LogP contribution in [-0.4, -0.2) is 58.3 Å². The number of fused-ring (bicyclic) bond motifs is 3. The maximum absolute atomic E-state index is 13.3. The molecule has 0 N–H and O–H groups in total. The lowest BCUT2D eigenvalue weighted by Crippen LogP contribution is -2.51. The molecule has 1 saturated heterocycles.